The van der Waals surface area contributed by atoms with Crippen LogP contribution in [0.5, 0.6) is 5.75 Å². The van der Waals surface area contributed by atoms with E-state index in [9.17, 15) is 0 Å². The number of para-hydroxylation sites is 1. The fourth-order valence-corrected chi connectivity index (χ4v) is 1.49. The van der Waals surface area contributed by atoms with E-state index in [1.54, 1.807) is 18.2 Å². The monoisotopic (exact) mass is 241 g/mol. The number of nitrogen functional groups attached to an aromatic ring is 1. The Morgan fingerprint density at radius 3 is 2.94 bits per heavy atom. The number of anilines is 3. The summed E-state index contributed by atoms with van der Waals surface area (Å²) in [7, 11) is 1.53. The number of nitrogens with two attached hydrogens (primary N) is 1. The van der Waals surface area contributed by atoms with Gasteiger partial charge in [0.2, 0.25) is 0 Å². The molecule has 0 spiro atoms. The Morgan fingerprint density at radius 1 is 1.44 bits per heavy atom. The van der Waals surface area contributed by atoms with E-state index >= 15 is 0 Å². The Hall–Kier alpha value is -2.81. The molecule has 0 radical (unpaired) electrons. The maximum atomic E-state index is 9.08. The molecular formula is C12H11N5O. The highest BCUT2D eigenvalue weighted by molar-refractivity contribution is 5.75. The number of methoxy groups -OCH3 is 1. The molecule has 1 heterocycles. The molecule has 0 aliphatic carbocycles. The average molecular weight is 241 g/mol. The average Bonchev–Trinajstić information content (AvgIpc) is 2.41. The van der Waals surface area contributed by atoms with Crippen molar-refractivity contribution in [1.29, 1.82) is 5.26 Å². The van der Waals surface area contributed by atoms with E-state index in [4.69, 9.17) is 15.7 Å². The van der Waals surface area contributed by atoms with Crippen molar-refractivity contribution in [3.63, 3.8) is 0 Å². The highest BCUT2D eigenvalue weighted by Gasteiger charge is 2.11. The van der Waals surface area contributed by atoms with Crippen LogP contribution in [0.15, 0.2) is 30.7 Å². The van der Waals surface area contributed by atoms with Gasteiger partial charge in [-0.3, -0.25) is 0 Å². The van der Waals surface area contributed by atoms with Gasteiger partial charge < -0.3 is 15.8 Å². The van der Waals surface area contributed by atoms with Gasteiger partial charge in [-0.05, 0) is 12.1 Å². The number of hydrogen-bond donors (Lipinski definition) is 2. The first-order valence-electron chi connectivity index (χ1n) is 5.16. The lowest BCUT2D eigenvalue weighted by Crippen LogP contribution is -2.02. The highest BCUT2D eigenvalue weighted by atomic mass is 16.5. The van der Waals surface area contributed by atoms with Crippen LogP contribution in [0.4, 0.5) is 17.2 Å². The third-order valence-corrected chi connectivity index (χ3v) is 2.35. The summed E-state index contributed by atoms with van der Waals surface area (Å²) in [4.78, 5) is 7.81. The summed E-state index contributed by atoms with van der Waals surface area (Å²) in [5.41, 5.74) is 7.12. The van der Waals surface area contributed by atoms with Crippen LogP contribution in [0.25, 0.3) is 0 Å². The molecule has 0 saturated heterocycles. The van der Waals surface area contributed by atoms with Gasteiger partial charge in [0.25, 0.3) is 0 Å². The quantitative estimate of drug-likeness (QED) is 0.848. The number of nitrogens with zero attached hydrogens (tertiary/aromatic N) is 3. The van der Waals surface area contributed by atoms with Crippen molar-refractivity contribution in [2.45, 2.75) is 0 Å². The van der Waals surface area contributed by atoms with E-state index < -0.39 is 0 Å². The van der Waals surface area contributed by atoms with Crippen LogP contribution in [0.1, 0.15) is 5.56 Å². The summed E-state index contributed by atoms with van der Waals surface area (Å²) in [5, 5.41) is 12.1. The SMILES string of the molecule is COc1cccc(C#N)c1Nc1ncncc1N. The number of nitrogens with one attached hydrogen (secondary N) is 1. The number of ether oxygens (including phenoxy) is 1. The van der Waals surface area contributed by atoms with E-state index in [-0.39, 0.29) is 0 Å². The molecule has 0 aliphatic heterocycles. The molecule has 0 bridgehead atoms. The Kier molecular flexibility index (Phi) is 3.25. The fraction of sp³-hybridized carbons (Fsp3) is 0.0833. The maximum absolute atomic E-state index is 9.08. The van der Waals surface area contributed by atoms with Crippen LogP contribution < -0.4 is 15.8 Å². The maximum Gasteiger partial charge on any atom is 0.157 e. The molecule has 2 rings (SSSR count). The van der Waals surface area contributed by atoms with Crippen LogP contribution >= 0.6 is 0 Å². The normalized spacial score (nSPS) is 9.56. The zero-order valence-corrected chi connectivity index (χ0v) is 9.71. The zero-order valence-electron chi connectivity index (χ0n) is 9.71. The molecule has 90 valence electrons. The fourth-order valence-electron chi connectivity index (χ4n) is 1.49. The smallest absolute Gasteiger partial charge is 0.157 e. The van der Waals surface area contributed by atoms with E-state index in [0.717, 1.165) is 0 Å². The van der Waals surface area contributed by atoms with Crippen molar-refractivity contribution in [1.82, 2.24) is 9.97 Å². The van der Waals surface area contributed by atoms with Crippen LogP contribution in [0.2, 0.25) is 0 Å². The number of rotatable bonds is 3. The molecule has 6 heteroatoms. The predicted molar refractivity (Wildman–Crippen MR) is 67.4 cm³/mol. The van der Waals surface area contributed by atoms with E-state index in [1.165, 1.54) is 19.6 Å². The van der Waals surface area contributed by atoms with Gasteiger partial charge in [0.1, 0.15) is 23.8 Å². The van der Waals surface area contributed by atoms with Crippen molar-refractivity contribution in [2.75, 3.05) is 18.2 Å². The lowest BCUT2D eigenvalue weighted by atomic mass is 10.1. The van der Waals surface area contributed by atoms with Gasteiger partial charge in [-0.25, -0.2) is 9.97 Å². The molecule has 0 atom stereocenters. The molecule has 3 N–H and O–H groups in total. The Morgan fingerprint density at radius 2 is 2.28 bits per heavy atom. The first-order valence-corrected chi connectivity index (χ1v) is 5.16. The van der Waals surface area contributed by atoms with Crippen molar-refractivity contribution in [3.05, 3.63) is 36.3 Å². The van der Waals surface area contributed by atoms with Crippen molar-refractivity contribution in [2.24, 2.45) is 0 Å². The standard InChI is InChI=1S/C12H11N5O/c1-18-10-4-2-3-8(5-13)11(10)17-12-9(14)6-15-7-16-12/h2-4,6-7H,14H2,1H3,(H,15,16,17). The second-order valence-corrected chi connectivity index (χ2v) is 3.45. The van der Waals surface area contributed by atoms with Crippen molar-refractivity contribution < 1.29 is 4.74 Å². The van der Waals surface area contributed by atoms with Gasteiger partial charge in [0.05, 0.1) is 24.6 Å². The lowest BCUT2D eigenvalue weighted by Gasteiger charge is -2.12. The number of benzene rings is 1. The van der Waals surface area contributed by atoms with Gasteiger partial charge in [0, 0.05) is 0 Å². The predicted octanol–water partition coefficient (Wildman–Crippen LogP) is 1.68. The Balaban J connectivity index is 2.46. The third-order valence-electron chi connectivity index (χ3n) is 2.35. The Bertz CT molecular complexity index is 606. The van der Waals surface area contributed by atoms with E-state index in [1.807, 2.05) is 0 Å². The minimum atomic E-state index is 0.396. The summed E-state index contributed by atoms with van der Waals surface area (Å²) < 4.78 is 5.20. The zero-order chi connectivity index (χ0) is 13.0. The summed E-state index contributed by atoms with van der Waals surface area (Å²) in [5.74, 6) is 0.984. The molecule has 6 nitrogen and oxygen atoms in total. The summed E-state index contributed by atoms with van der Waals surface area (Å²) in [6.45, 7) is 0. The first-order chi connectivity index (χ1) is 8.76. The molecule has 1 aromatic carbocycles. The summed E-state index contributed by atoms with van der Waals surface area (Å²) in [6, 6.07) is 7.26. The first kappa shape index (κ1) is 11.7. The number of nitriles is 1. The van der Waals surface area contributed by atoms with Crippen molar-refractivity contribution in [3.8, 4) is 11.8 Å². The second kappa shape index (κ2) is 5.01. The van der Waals surface area contributed by atoms with Gasteiger partial charge in [-0.1, -0.05) is 6.07 Å². The van der Waals surface area contributed by atoms with Crippen LogP contribution in [-0.2, 0) is 0 Å². The third kappa shape index (κ3) is 2.15. The van der Waals surface area contributed by atoms with E-state index in [0.29, 0.717) is 28.5 Å². The van der Waals surface area contributed by atoms with Crippen molar-refractivity contribution >= 4 is 17.2 Å². The van der Waals surface area contributed by atoms with E-state index in [2.05, 4.69) is 21.4 Å². The number of aromatic nitrogens is 2. The largest absolute Gasteiger partial charge is 0.495 e. The van der Waals surface area contributed by atoms with Gasteiger partial charge in [0.15, 0.2) is 5.82 Å². The molecule has 0 amide bonds. The van der Waals surface area contributed by atoms with Crippen LogP contribution in [-0.4, -0.2) is 17.1 Å². The molecule has 18 heavy (non-hydrogen) atoms. The van der Waals surface area contributed by atoms with Crippen LogP contribution in [0, 0.1) is 11.3 Å². The molecule has 0 saturated carbocycles. The van der Waals surface area contributed by atoms with Gasteiger partial charge >= 0.3 is 0 Å². The Labute approximate surface area is 104 Å². The second-order valence-electron chi connectivity index (χ2n) is 3.45. The van der Waals surface area contributed by atoms with Crippen LogP contribution in [0.3, 0.4) is 0 Å². The molecule has 0 fully saturated rings. The molecule has 0 aliphatic rings. The molecular weight excluding hydrogens is 230 g/mol. The van der Waals surface area contributed by atoms with Gasteiger partial charge in [-0.15, -0.1) is 0 Å². The summed E-state index contributed by atoms with van der Waals surface area (Å²) in [6.07, 6.45) is 2.86. The molecule has 1 aromatic heterocycles. The van der Waals surface area contributed by atoms with Gasteiger partial charge in [-0.2, -0.15) is 5.26 Å². The molecule has 0 unspecified atom stereocenters. The topological polar surface area (TPSA) is 96.8 Å². The molecule has 2 aromatic rings. The minimum Gasteiger partial charge on any atom is -0.495 e. The minimum absolute atomic E-state index is 0.396. The summed E-state index contributed by atoms with van der Waals surface area (Å²) >= 11 is 0. The number of hydrogen-bond acceptors (Lipinski definition) is 6. The highest BCUT2D eigenvalue weighted by Crippen LogP contribution is 2.31. The lowest BCUT2D eigenvalue weighted by molar-refractivity contribution is 0.416.